The lowest BCUT2D eigenvalue weighted by Gasteiger charge is -2.33. The van der Waals surface area contributed by atoms with Gasteiger partial charge in [0.1, 0.15) is 0 Å². The molecule has 0 amide bonds. The summed E-state index contributed by atoms with van der Waals surface area (Å²) in [5.74, 6) is 1.78. The Bertz CT molecular complexity index is 2740. The molecule has 0 fully saturated rings. The Balaban J connectivity index is 1.21. The highest BCUT2D eigenvalue weighted by Gasteiger charge is 2.47. The number of rotatable bonds is 7. The summed E-state index contributed by atoms with van der Waals surface area (Å²) in [6.45, 7) is 0. The topological polar surface area (TPSA) is 51.6 Å². The molecule has 55 heavy (non-hydrogen) atoms. The van der Waals surface area contributed by atoms with Gasteiger partial charge in [-0.3, -0.25) is 4.98 Å². The van der Waals surface area contributed by atoms with E-state index in [0.29, 0.717) is 17.5 Å². The van der Waals surface area contributed by atoms with Crippen LogP contribution in [-0.4, -0.2) is 19.9 Å². The highest BCUT2D eigenvalue weighted by atomic mass is 15.0. The molecular formula is C51H34N4. The van der Waals surface area contributed by atoms with Gasteiger partial charge in [0.25, 0.3) is 0 Å². The van der Waals surface area contributed by atoms with Gasteiger partial charge in [0.2, 0.25) is 0 Å². The molecule has 4 heteroatoms. The highest BCUT2D eigenvalue weighted by Crippen LogP contribution is 2.58. The molecule has 10 rings (SSSR count). The van der Waals surface area contributed by atoms with E-state index in [1.807, 2.05) is 36.5 Å². The number of aromatic nitrogens is 4. The summed E-state index contributed by atoms with van der Waals surface area (Å²) >= 11 is 0. The van der Waals surface area contributed by atoms with Crippen molar-refractivity contribution >= 4 is 0 Å². The summed E-state index contributed by atoms with van der Waals surface area (Å²) in [4.78, 5) is 20.6. The largest absolute Gasteiger partial charge is 0.255 e. The zero-order valence-corrected chi connectivity index (χ0v) is 29.9. The van der Waals surface area contributed by atoms with Crippen molar-refractivity contribution in [3.63, 3.8) is 0 Å². The van der Waals surface area contributed by atoms with Crippen LogP contribution in [-0.2, 0) is 5.41 Å². The van der Waals surface area contributed by atoms with Crippen molar-refractivity contribution in [3.8, 4) is 67.7 Å². The first-order valence-corrected chi connectivity index (χ1v) is 18.6. The molecule has 0 saturated carbocycles. The molecule has 258 valence electrons. The van der Waals surface area contributed by atoms with Crippen LogP contribution >= 0.6 is 0 Å². The Morgan fingerprint density at radius 1 is 0.327 bits per heavy atom. The summed E-state index contributed by atoms with van der Waals surface area (Å²) in [7, 11) is 0. The van der Waals surface area contributed by atoms with Crippen LogP contribution in [0.15, 0.2) is 206 Å². The molecule has 0 bridgehead atoms. The van der Waals surface area contributed by atoms with E-state index in [4.69, 9.17) is 19.9 Å². The molecule has 0 radical (unpaired) electrons. The van der Waals surface area contributed by atoms with E-state index in [9.17, 15) is 0 Å². The van der Waals surface area contributed by atoms with Crippen LogP contribution in [0, 0.1) is 0 Å². The van der Waals surface area contributed by atoms with Gasteiger partial charge in [-0.25, -0.2) is 15.0 Å². The summed E-state index contributed by atoms with van der Waals surface area (Å²) in [5.41, 5.74) is 13.5. The van der Waals surface area contributed by atoms with Gasteiger partial charge in [0.05, 0.1) is 11.1 Å². The average molecular weight is 703 g/mol. The molecular weight excluding hydrogens is 669 g/mol. The van der Waals surface area contributed by atoms with Gasteiger partial charge in [-0.05, 0) is 62.7 Å². The summed E-state index contributed by atoms with van der Waals surface area (Å²) in [5, 5.41) is 0. The van der Waals surface area contributed by atoms with Gasteiger partial charge in [-0.2, -0.15) is 0 Å². The van der Waals surface area contributed by atoms with Crippen LogP contribution in [0.3, 0.4) is 0 Å². The highest BCUT2D eigenvalue weighted by molar-refractivity contribution is 5.94. The molecule has 2 aromatic heterocycles. The normalized spacial score (nSPS) is 12.5. The second-order valence-electron chi connectivity index (χ2n) is 13.8. The number of benzene rings is 7. The van der Waals surface area contributed by atoms with Crippen molar-refractivity contribution in [3.05, 3.63) is 229 Å². The van der Waals surface area contributed by atoms with Crippen LogP contribution in [0.25, 0.3) is 67.7 Å². The molecule has 4 nitrogen and oxygen atoms in total. The first kappa shape index (κ1) is 32.4. The van der Waals surface area contributed by atoms with Crippen LogP contribution in [0.5, 0.6) is 0 Å². The molecule has 1 aliphatic carbocycles. The lowest BCUT2D eigenvalue weighted by molar-refractivity contribution is 0.768. The number of pyridine rings is 1. The third kappa shape index (κ3) is 5.55. The molecule has 0 atom stereocenters. The van der Waals surface area contributed by atoms with E-state index in [2.05, 4.69) is 170 Å². The van der Waals surface area contributed by atoms with Crippen LogP contribution in [0.1, 0.15) is 22.3 Å². The fraction of sp³-hybridized carbons (Fsp3) is 0.0196. The van der Waals surface area contributed by atoms with Crippen molar-refractivity contribution in [1.82, 2.24) is 19.9 Å². The number of hydrogen-bond acceptors (Lipinski definition) is 4. The Labute approximate surface area is 320 Å². The first-order valence-electron chi connectivity index (χ1n) is 18.6. The fourth-order valence-corrected chi connectivity index (χ4v) is 8.21. The van der Waals surface area contributed by atoms with Gasteiger partial charge in [-0.1, -0.05) is 182 Å². The van der Waals surface area contributed by atoms with Gasteiger partial charge < -0.3 is 0 Å². The molecule has 7 aromatic carbocycles. The Hall–Kier alpha value is -7.30. The van der Waals surface area contributed by atoms with E-state index < -0.39 is 5.41 Å². The lowest BCUT2D eigenvalue weighted by atomic mass is 9.67. The summed E-state index contributed by atoms with van der Waals surface area (Å²) < 4.78 is 0. The second-order valence-corrected chi connectivity index (χ2v) is 13.8. The Morgan fingerprint density at radius 2 is 0.836 bits per heavy atom. The maximum atomic E-state index is 5.30. The number of nitrogens with zero attached hydrogens (tertiary/aromatic N) is 4. The lowest BCUT2D eigenvalue weighted by Crippen LogP contribution is -2.28. The van der Waals surface area contributed by atoms with Crippen molar-refractivity contribution < 1.29 is 0 Å². The summed E-state index contributed by atoms with van der Waals surface area (Å²) in [6.07, 6.45) is 1.87. The number of hydrogen-bond donors (Lipinski definition) is 0. The minimum absolute atomic E-state index is 0.537. The average Bonchev–Trinajstić information content (AvgIpc) is 3.59. The molecule has 1 aliphatic rings. The van der Waals surface area contributed by atoms with Gasteiger partial charge in [0.15, 0.2) is 17.5 Å². The maximum Gasteiger partial charge on any atom is 0.165 e. The van der Waals surface area contributed by atoms with E-state index in [1.165, 1.54) is 27.8 Å². The van der Waals surface area contributed by atoms with Crippen molar-refractivity contribution in [2.24, 2.45) is 0 Å². The van der Waals surface area contributed by atoms with Crippen molar-refractivity contribution in [2.75, 3.05) is 0 Å². The van der Waals surface area contributed by atoms with E-state index in [-0.39, 0.29) is 0 Å². The quantitative estimate of drug-likeness (QED) is 0.166. The predicted octanol–water partition coefficient (Wildman–Crippen LogP) is 12.0. The zero-order valence-electron chi connectivity index (χ0n) is 29.9. The zero-order chi connectivity index (χ0) is 36.6. The van der Waals surface area contributed by atoms with Crippen molar-refractivity contribution in [2.45, 2.75) is 5.41 Å². The standard InChI is InChI=1S/C51H34N4/c1-5-17-35(18-6-1)37-21-15-22-38(33-37)48-53-49(39-31-32-46(52-34-39)36-19-7-2-8-20-36)55-50(54-48)43-28-16-30-45-47(43)42-27-13-14-29-44(42)51(45,40-23-9-3-10-24-40)41-25-11-4-12-26-41/h1-34H. The van der Waals surface area contributed by atoms with E-state index in [1.54, 1.807) is 0 Å². The van der Waals surface area contributed by atoms with Gasteiger partial charge in [0, 0.05) is 28.5 Å². The monoisotopic (exact) mass is 702 g/mol. The SMILES string of the molecule is c1ccc(-c2cccc(-c3nc(-c4ccc(-c5ccccc5)nc4)nc(-c4cccc5c4-c4ccccc4C5(c4ccccc4)c4ccccc4)n3)c2)cc1. The Kier molecular flexibility index (Phi) is 8.00. The summed E-state index contributed by atoms with van der Waals surface area (Å²) in [6, 6.07) is 70.2. The third-order valence-electron chi connectivity index (χ3n) is 10.7. The second kappa shape index (κ2) is 13.6. The predicted molar refractivity (Wildman–Crippen MR) is 222 cm³/mol. The smallest absolute Gasteiger partial charge is 0.165 e. The van der Waals surface area contributed by atoms with E-state index in [0.717, 1.165) is 44.6 Å². The Morgan fingerprint density at radius 3 is 1.51 bits per heavy atom. The minimum atomic E-state index is -0.537. The van der Waals surface area contributed by atoms with Gasteiger partial charge in [-0.15, -0.1) is 0 Å². The number of fused-ring (bicyclic) bond motifs is 3. The molecule has 9 aromatic rings. The van der Waals surface area contributed by atoms with Crippen molar-refractivity contribution in [1.29, 1.82) is 0 Å². The maximum absolute atomic E-state index is 5.30. The molecule has 0 saturated heterocycles. The molecule has 2 heterocycles. The van der Waals surface area contributed by atoms with Crippen LogP contribution in [0.4, 0.5) is 0 Å². The van der Waals surface area contributed by atoms with Crippen LogP contribution in [0.2, 0.25) is 0 Å². The molecule has 0 N–H and O–H groups in total. The molecule has 0 spiro atoms. The van der Waals surface area contributed by atoms with E-state index >= 15 is 0 Å². The first-order chi connectivity index (χ1) is 27.3. The van der Waals surface area contributed by atoms with Gasteiger partial charge >= 0.3 is 0 Å². The fourth-order valence-electron chi connectivity index (χ4n) is 8.21. The van der Waals surface area contributed by atoms with Crippen LogP contribution < -0.4 is 0 Å². The molecule has 0 aliphatic heterocycles. The molecule has 0 unspecified atom stereocenters. The minimum Gasteiger partial charge on any atom is -0.255 e. The third-order valence-corrected chi connectivity index (χ3v) is 10.7.